The number of anilines is 1. The summed E-state index contributed by atoms with van der Waals surface area (Å²) in [5, 5.41) is 19.0. The van der Waals surface area contributed by atoms with E-state index in [4.69, 9.17) is 0 Å². The molecule has 0 aliphatic carbocycles. The van der Waals surface area contributed by atoms with Gasteiger partial charge in [0.25, 0.3) is 0 Å². The molecule has 24 heavy (non-hydrogen) atoms. The van der Waals surface area contributed by atoms with Crippen LogP contribution in [-0.2, 0) is 0 Å². The van der Waals surface area contributed by atoms with Crippen LogP contribution in [0.2, 0.25) is 0 Å². The van der Waals surface area contributed by atoms with Gasteiger partial charge in [0.05, 0.1) is 28.7 Å². The third-order valence-corrected chi connectivity index (χ3v) is 4.19. The summed E-state index contributed by atoms with van der Waals surface area (Å²) in [6.07, 6.45) is 6.42. The van der Waals surface area contributed by atoms with E-state index in [2.05, 4.69) is 9.97 Å². The Balaban J connectivity index is 2.14. The Morgan fingerprint density at radius 3 is 2.42 bits per heavy atom. The predicted octanol–water partition coefficient (Wildman–Crippen LogP) is 2.45. The molecule has 2 aromatic heterocycles. The number of rotatable bonds is 4. The number of carboxylic acids is 2. The Morgan fingerprint density at radius 2 is 1.79 bits per heavy atom. The zero-order valence-electron chi connectivity index (χ0n) is 13.2. The molecule has 2 N–H and O–H groups in total. The quantitative estimate of drug-likeness (QED) is 0.889. The van der Waals surface area contributed by atoms with Crippen LogP contribution in [0.3, 0.4) is 0 Å². The first-order valence-corrected chi connectivity index (χ1v) is 7.65. The Morgan fingerprint density at radius 1 is 1.08 bits per heavy atom. The second kappa shape index (κ2) is 6.27. The van der Waals surface area contributed by atoms with Crippen molar-refractivity contribution in [3.05, 3.63) is 41.3 Å². The molecule has 1 saturated heterocycles. The molecule has 0 aromatic carbocycles. The van der Waals surface area contributed by atoms with E-state index in [-0.39, 0.29) is 11.1 Å². The number of aryl methyl sites for hydroxylation is 1. The van der Waals surface area contributed by atoms with Crippen LogP contribution >= 0.6 is 0 Å². The van der Waals surface area contributed by atoms with Crippen molar-refractivity contribution in [1.82, 2.24) is 9.97 Å². The zero-order chi connectivity index (χ0) is 17.3. The van der Waals surface area contributed by atoms with E-state index >= 15 is 0 Å². The SMILES string of the molecule is Cc1cncc(-c2cc(C(=O)O)c(N3CCCC3)cn2)c1C(=O)O. The molecule has 0 spiro atoms. The maximum atomic E-state index is 11.7. The molecule has 1 fully saturated rings. The smallest absolute Gasteiger partial charge is 0.337 e. The fraction of sp³-hybridized carbons (Fsp3) is 0.294. The first-order chi connectivity index (χ1) is 11.5. The normalized spacial score (nSPS) is 14.0. The molecule has 7 nitrogen and oxygen atoms in total. The minimum atomic E-state index is -1.09. The molecule has 0 bridgehead atoms. The first-order valence-electron chi connectivity index (χ1n) is 7.65. The zero-order valence-corrected chi connectivity index (χ0v) is 13.2. The lowest BCUT2D eigenvalue weighted by molar-refractivity contribution is 0.0687. The van der Waals surface area contributed by atoms with Gasteiger partial charge >= 0.3 is 11.9 Å². The van der Waals surface area contributed by atoms with Crippen molar-refractivity contribution in [3.8, 4) is 11.3 Å². The molecule has 0 radical (unpaired) electrons. The predicted molar refractivity (Wildman–Crippen MR) is 87.6 cm³/mol. The summed E-state index contributed by atoms with van der Waals surface area (Å²) in [7, 11) is 0. The third-order valence-electron chi connectivity index (χ3n) is 4.19. The van der Waals surface area contributed by atoms with Crippen molar-refractivity contribution in [3.63, 3.8) is 0 Å². The highest BCUT2D eigenvalue weighted by atomic mass is 16.4. The van der Waals surface area contributed by atoms with Crippen LogP contribution in [0, 0.1) is 6.92 Å². The summed E-state index contributed by atoms with van der Waals surface area (Å²) in [6, 6.07) is 1.43. The monoisotopic (exact) mass is 327 g/mol. The van der Waals surface area contributed by atoms with Crippen molar-refractivity contribution in [2.45, 2.75) is 19.8 Å². The number of nitrogens with zero attached hydrogens (tertiary/aromatic N) is 3. The van der Waals surface area contributed by atoms with Gasteiger partial charge in [-0.3, -0.25) is 9.97 Å². The van der Waals surface area contributed by atoms with Gasteiger partial charge in [0.15, 0.2) is 0 Å². The molecule has 0 atom stereocenters. The summed E-state index contributed by atoms with van der Waals surface area (Å²) in [4.78, 5) is 33.5. The fourth-order valence-corrected chi connectivity index (χ4v) is 3.02. The number of pyridine rings is 2. The number of aromatic carboxylic acids is 2. The van der Waals surface area contributed by atoms with Crippen molar-refractivity contribution < 1.29 is 19.8 Å². The van der Waals surface area contributed by atoms with E-state index < -0.39 is 11.9 Å². The van der Waals surface area contributed by atoms with Crippen molar-refractivity contribution in [1.29, 1.82) is 0 Å². The van der Waals surface area contributed by atoms with Gasteiger partial charge in [0, 0.05) is 31.0 Å². The van der Waals surface area contributed by atoms with Gasteiger partial charge in [-0.2, -0.15) is 0 Å². The minimum absolute atomic E-state index is 0.0859. The molecule has 7 heteroatoms. The molecule has 0 unspecified atom stereocenters. The number of carboxylic acid groups (broad SMARTS) is 2. The lowest BCUT2D eigenvalue weighted by atomic mass is 10.0. The summed E-state index contributed by atoms with van der Waals surface area (Å²) in [5.41, 5.74) is 1.90. The highest BCUT2D eigenvalue weighted by molar-refractivity contribution is 5.99. The summed E-state index contributed by atoms with van der Waals surface area (Å²) < 4.78 is 0. The van der Waals surface area contributed by atoms with E-state index in [1.54, 1.807) is 6.92 Å². The topological polar surface area (TPSA) is 104 Å². The van der Waals surface area contributed by atoms with Crippen LogP contribution < -0.4 is 4.90 Å². The molecule has 1 aliphatic heterocycles. The fourth-order valence-electron chi connectivity index (χ4n) is 3.02. The minimum Gasteiger partial charge on any atom is -0.478 e. The molecule has 1 aliphatic rings. The van der Waals surface area contributed by atoms with Crippen LogP contribution in [0.25, 0.3) is 11.3 Å². The van der Waals surface area contributed by atoms with Crippen LogP contribution in [0.4, 0.5) is 5.69 Å². The van der Waals surface area contributed by atoms with Gasteiger partial charge < -0.3 is 15.1 Å². The molecule has 124 valence electrons. The van der Waals surface area contributed by atoms with Gasteiger partial charge in [0.1, 0.15) is 0 Å². The number of aromatic nitrogens is 2. The first kappa shape index (κ1) is 15.9. The van der Waals surface area contributed by atoms with Crippen LogP contribution in [0.5, 0.6) is 0 Å². The summed E-state index contributed by atoms with van der Waals surface area (Å²) >= 11 is 0. The summed E-state index contributed by atoms with van der Waals surface area (Å²) in [5.74, 6) is -2.15. The van der Waals surface area contributed by atoms with E-state index in [1.807, 2.05) is 4.90 Å². The lowest BCUT2D eigenvalue weighted by Crippen LogP contribution is -2.21. The molecule has 0 amide bonds. The lowest BCUT2D eigenvalue weighted by Gasteiger charge is -2.20. The largest absolute Gasteiger partial charge is 0.478 e. The van der Waals surface area contributed by atoms with E-state index in [0.29, 0.717) is 22.5 Å². The molecule has 3 rings (SSSR count). The molecule has 2 aromatic rings. The molecular weight excluding hydrogens is 310 g/mol. The van der Waals surface area contributed by atoms with Gasteiger partial charge in [-0.05, 0) is 31.4 Å². The molecular formula is C17H17N3O4. The number of hydrogen-bond donors (Lipinski definition) is 2. The second-order valence-corrected chi connectivity index (χ2v) is 5.77. The van der Waals surface area contributed by atoms with Gasteiger partial charge in [-0.25, -0.2) is 9.59 Å². The average molecular weight is 327 g/mol. The Labute approximate surface area is 138 Å². The van der Waals surface area contributed by atoms with Gasteiger partial charge in [-0.1, -0.05) is 0 Å². The maximum absolute atomic E-state index is 11.7. The van der Waals surface area contributed by atoms with Crippen LogP contribution in [0.15, 0.2) is 24.7 Å². The van der Waals surface area contributed by atoms with E-state index in [0.717, 1.165) is 25.9 Å². The van der Waals surface area contributed by atoms with Crippen LogP contribution in [0.1, 0.15) is 39.1 Å². The van der Waals surface area contributed by atoms with Gasteiger partial charge in [0.2, 0.25) is 0 Å². The third kappa shape index (κ3) is 2.80. The average Bonchev–Trinajstić information content (AvgIpc) is 3.08. The van der Waals surface area contributed by atoms with E-state index in [1.165, 1.54) is 24.7 Å². The maximum Gasteiger partial charge on any atom is 0.337 e. The summed E-state index contributed by atoms with van der Waals surface area (Å²) in [6.45, 7) is 3.25. The molecule has 3 heterocycles. The van der Waals surface area contributed by atoms with Crippen LogP contribution in [-0.4, -0.2) is 45.2 Å². The second-order valence-electron chi connectivity index (χ2n) is 5.77. The highest BCUT2D eigenvalue weighted by Gasteiger charge is 2.22. The highest BCUT2D eigenvalue weighted by Crippen LogP contribution is 2.30. The number of hydrogen-bond acceptors (Lipinski definition) is 5. The van der Waals surface area contributed by atoms with Crippen molar-refractivity contribution >= 4 is 17.6 Å². The Hall–Kier alpha value is -2.96. The molecule has 0 saturated carbocycles. The Bertz CT molecular complexity index is 813. The van der Waals surface area contributed by atoms with Crippen molar-refractivity contribution in [2.75, 3.05) is 18.0 Å². The van der Waals surface area contributed by atoms with Crippen molar-refractivity contribution in [2.24, 2.45) is 0 Å². The number of carbonyl (C=O) groups is 2. The van der Waals surface area contributed by atoms with Gasteiger partial charge in [-0.15, -0.1) is 0 Å². The Kier molecular flexibility index (Phi) is 4.16. The van der Waals surface area contributed by atoms with E-state index in [9.17, 15) is 19.8 Å². The standard InChI is InChI=1S/C17H17N3O4/c1-10-7-18-8-12(15(10)17(23)24)13-6-11(16(21)22)14(9-19-13)20-4-2-3-5-20/h6-9H,2-5H2,1H3,(H,21,22)(H,23,24).